The number of carbonyl (C=O) groups excluding carboxylic acids is 1. The molecule has 0 radical (unpaired) electrons. The molecule has 0 unspecified atom stereocenters. The van der Waals surface area contributed by atoms with E-state index in [1.165, 1.54) is 11.5 Å². The van der Waals surface area contributed by atoms with Gasteiger partial charge in [0.15, 0.2) is 0 Å². The molecule has 0 aliphatic rings. The Morgan fingerprint density at radius 1 is 1.53 bits per heavy atom. The Labute approximate surface area is 106 Å². The quantitative estimate of drug-likeness (QED) is 0.730. The van der Waals surface area contributed by atoms with Crippen molar-refractivity contribution in [2.24, 2.45) is 0 Å². The van der Waals surface area contributed by atoms with Crippen molar-refractivity contribution in [1.82, 2.24) is 9.36 Å². The number of ether oxygens (including phenoxy) is 1. The van der Waals surface area contributed by atoms with Gasteiger partial charge in [-0.05, 0) is 6.92 Å². The van der Waals surface area contributed by atoms with Crippen LogP contribution in [0.1, 0.15) is 38.9 Å². The van der Waals surface area contributed by atoms with Crippen molar-refractivity contribution in [3.05, 3.63) is 5.82 Å². The molecule has 0 N–H and O–H groups in total. The molecule has 1 aromatic rings. The summed E-state index contributed by atoms with van der Waals surface area (Å²) in [6, 6.07) is 0. The first-order valence-corrected chi connectivity index (χ1v) is 6.52. The summed E-state index contributed by atoms with van der Waals surface area (Å²) >= 11 is 1.36. The number of hydrogen-bond acceptors (Lipinski definition) is 6. The third-order valence-corrected chi connectivity index (χ3v) is 3.08. The van der Waals surface area contributed by atoms with E-state index in [0.717, 1.165) is 11.0 Å². The average Bonchev–Trinajstić information content (AvgIpc) is 2.75. The van der Waals surface area contributed by atoms with Crippen LogP contribution in [0, 0.1) is 0 Å². The summed E-state index contributed by atoms with van der Waals surface area (Å²) in [5, 5.41) is 0.845. The molecule has 0 aromatic carbocycles. The van der Waals surface area contributed by atoms with Crippen LogP contribution in [0.15, 0.2) is 0 Å². The molecular formula is C11H19N3O2S. The third-order valence-electron chi connectivity index (χ3n) is 2.23. The number of carbonyl (C=O) groups is 1. The minimum Gasteiger partial charge on any atom is -0.466 e. The number of esters is 1. The van der Waals surface area contributed by atoms with E-state index in [4.69, 9.17) is 4.74 Å². The van der Waals surface area contributed by atoms with Gasteiger partial charge in [-0.1, -0.05) is 13.8 Å². The van der Waals surface area contributed by atoms with Crippen molar-refractivity contribution in [2.45, 2.75) is 33.1 Å². The first-order chi connectivity index (χ1) is 8.04. The van der Waals surface area contributed by atoms with E-state index in [1.54, 1.807) is 6.92 Å². The molecule has 96 valence electrons. The number of nitrogens with zero attached hydrogens (tertiary/aromatic N) is 3. The summed E-state index contributed by atoms with van der Waals surface area (Å²) in [6.07, 6.45) is 0.376. The summed E-state index contributed by atoms with van der Waals surface area (Å²) in [7, 11) is 1.91. The van der Waals surface area contributed by atoms with E-state index in [1.807, 2.05) is 11.9 Å². The topological polar surface area (TPSA) is 55.3 Å². The standard InChI is InChI=1S/C11H19N3O2S/c1-5-16-9(15)6-7-14(4)11-12-10(8(2)3)13-17-11/h8H,5-7H2,1-4H3. The van der Waals surface area contributed by atoms with E-state index < -0.39 is 0 Å². The average molecular weight is 257 g/mol. The van der Waals surface area contributed by atoms with Gasteiger partial charge in [-0.2, -0.15) is 4.37 Å². The van der Waals surface area contributed by atoms with Gasteiger partial charge in [0.05, 0.1) is 13.0 Å². The SMILES string of the molecule is CCOC(=O)CCN(C)c1nc(C(C)C)ns1. The Hall–Kier alpha value is -1.17. The van der Waals surface area contributed by atoms with Gasteiger partial charge >= 0.3 is 5.97 Å². The van der Waals surface area contributed by atoms with Gasteiger partial charge in [0.25, 0.3) is 0 Å². The number of rotatable bonds is 6. The molecule has 17 heavy (non-hydrogen) atoms. The molecule has 0 bridgehead atoms. The van der Waals surface area contributed by atoms with E-state index in [9.17, 15) is 4.79 Å². The molecule has 6 heteroatoms. The maximum Gasteiger partial charge on any atom is 0.307 e. The fourth-order valence-electron chi connectivity index (χ4n) is 1.20. The molecule has 0 aliphatic carbocycles. The van der Waals surface area contributed by atoms with Gasteiger partial charge in [-0.3, -0.25) is 4.79 Å². The summed E-state index contributed by atoms with van der Waals surface area (Å²) in [4.78, 5) is 17.6. The number of anilines is 1. The molecule has 1 heterocycles. The first kappa shape index (κ1) is 13.9. The van der Waals surface area contributed by atoms with Gasteiger partial charge in [-0.25, -0.2) is 4.98 Å². The Morgan fingerprint density at radius 3 is 2.76 bits per heavy atom. The summed E-state index contributed by atoms with van der Waals surface area (Å²) in [5.74, 6) is 1.01. The van der Waals surface area contributed by atoms with Gasteiger partial charge < -0.3 is 9.64 Å². The zero-order valence-corrected chi connectivity index (χ0v) is 11.6. The van der Waals surface area contributed by atoms with Crippen LogP contribution in [0.2, 0.25) is 0 Å². The molecule has 0 aliphatic heterocycles. The summed E-state index contributed by atoms with van der Waals surface area (Å²) in [6.45, 7) is 6.96. The van der Waals surface area contributed by atoms with Crippen LogP contribution in [0.25, 0.3) is 0 Å². The summed E-state index contributed by atoms with van der Waals surface area (Å²) < 4.78 is 9.15. The zero-order valence-electron chi connectivity index (χ0n) is 10.8. The Kier molecular flexibility index (Phi) is 5.34. The smallest absolute Gasteiger partial charge is 0.307 e. The molecule has 1 aromatic heterocycles. The molecule has 0 fully saturated rings. The Bertz CT molecular complexity index is 365. The van der Waals surface area contributed by atoms with E-state index in [2.05, 4.69) is 23.2 Å². The lowest BCUT2D eigenvalue weighted by molar-refractivity contribution is -0.142. The van der Waals surface area contributed by atoms with Crippen molar-refractivity contribution in [3.63, 3.8) is 0 Å². The molecule has 1 rings (SSSR count). The molecule has 0 saturated carbocycles. The van der Waals surface area contributed by atoms with Crippen LogP contribution in [-0.4, -0.2) is 35.5 Å². The third kappa shape index (κ3) is 4.30. The maximum atomic E-state index is 11.2. The Morgan fingerprint density at radius 2 is 2.24 bits per heavy atom. The molecule has 0 amide bonds. The van der Waals surface area contributed by atoms with Crippen molar-refractivity contribution < 1.29 is 9.53 Å². The van der Waals surface area contributed by atoms with Crippen LogP contribution < -0.4 is 4.90 Å². The predicted molar refractivity (Wildman–Crippen MR) is 68.5 cm³/mol. The Balaban J connectivity index is 2.46. The highest BCUT2D eigenvalue weighted by atomic mass is 32.1. The zero-order chi connectivity index (χ0) is 12.8. The minimum absolute atomic E-state index is 0.173. The lowest BCUT2D eigenvalue weighted by Crippen LogP contribution is -2.21. The molecule has 0 saturated heterocycles. The second kappa shape index (κ2) is 6.54. The van der Waals surface area contributed by atoms with E-state index >= 15 is 0 Å². The van der Waals surface area contributed by atoms with E-state index in [-0.39, 0.29) is 5.97 Å². The van der Waals surface area contributed by atoms with Gasteiger partial charge in [0.2, 0.25) is 5.13 Å². The highest BCUT2D eigenvalue weighted by Gasteiger charge is 2.12. The van der Waals surface area contributed by atoms with Gasteiger partial charge in [-0.15, -0.1) is 0 Å². The fraction of sp³-hybridized carbons (Fsp3) is 0.727. The minimum atomic E-state index is -0.173. The molecule has 0 spiro atoms. The molecule has 5 nitrogen and oxygen atoms in total. The molecule has 0 atom stereocenters. The maximum absolute atomic E-state index is 11.2. The second-order valence-corrected chi connectivity index (χ2v) is 4.80. The van der Waals surface area contributed by atoms with Crippen LogP contribution in [-0.2, 0) is 9.53 Å². The number of hydrogen-bond donors (Lipinski definition) is 0. The monoisotopic (exact) mass is 257 g/mol. The van der Waals surface area contributed by atoms with Crippen LogP contribution in [0.4, 0.5) is 5.13 Å². The van der Waals surface area contributed by atoms with Crippen molar-refractivity contribution in [3.8, 4) is 0 Å². The molecular weight excluding hydrogens is 238 g/mol. The van der Waals surface area contributed by atoms with Crippen molar-refractivity contribution >= 4 is 22.6 Å². The highest BCUT2D eigenvalue weighted by Crippen LogP contribution is 2.20. The number of aromatic nitrogens is 2. The first-order valence-electron chi connectivity index (χ1n) is 5.75. The van der Waals surface area contributed by atoms with Gasteiger partial charge in [0.1, 0.15) is 5.82 Å². The summed E-state index contributed by atoms with van der Waals surface area (Å²) in [5.41, 5.74) is 0. The lowest BCUT2D eigenvalue weighted by atomic mass is 10.2. The largest absolute Gasteiger partial charge is 0.466 e. The normalized spacial score (nSPS) is 10.6. The van der Waals surface area contributed by atoms with Crippen molar-refractivity contribution in [1.29, 1.82) is 0 Å². The highest BCUT2D eigenvalue weighted by molar-refractivity contribution is 7.09. The lowest BCUT2D eigenvalue weighted by Gasteiger charge is -2.14. The van der Waals surface area contributed by atoms with Crippen LogP contribution in [0.5, 0.6) is 0 Å². The van der Waals surface area contributed by atoms with Crippen LogP contribution >= 0.6 is 11.5 Å². The fourth-order valence-corrected chi connectivity index (χ4v) is 2.00. The second-order valence-electron chi connectivity index (χ2n) is 4.07. The predicted octanol–water partition coefficient (Wildman–Crippen LogP) is 2.05. The van der Waals surface area contributed by atoms with Crippen molar-refractivity contribution in [2.75, 3.05) is 25.1 Å². The van der Waals surface area contributed by atoms with Crippen LogP contribution in [0.3, 0.4) is 0 Å². The van der Waals surface area contributed by atoms with E-state index in [0.29, 0.717) is 25.5 Å². The van der Waals surface area contributed by atoms with Gasteiger partial charge in [0, 0.05) is 31.0 Å².